The Morgan fingerprint density at radius 1 is 1.06 bits per heavy atom. The van der Waals surface area contributed by atoms with Crippen LogP contribution in [0.2, 0.25) is 0 Å². The quantitative estimate of drug-likeness (QED) is 0.319. The smallest absolute Gasteiger partial charge is 0.295 e. The second-order valence-electron chi connectivity index (χ2n) is 7.59. The van der Waals surface area contributed by atoms with E-state index >= 15 is 0 Å². The van der Waals surface area contributed by atoms with Gasteiger partial charge in [0.15, 0.2) is 11.5 Å². The number of carbonyl (C=O) groups excluding carboxylic acids is 2. The third kappa shape index (κ3) is 4.09. The number of aliphatic hydroxyl groups excluding tert-OH is 1. The average Bonchev–Trinajstić information content (AvgIpc) is 3.35. The molecule has 0 spiro atoms. The van der Waals surface area contributed by atoms with E-state index in [2.05, 4.69) is 0 Å². The molecule has 3 aromatic rings. The lowest BCUT2D eigenvalue weighted by Gasteiger charge is -2.25. The molecule has 0 saturated carbocycles. The van der Waals surface area contributed by atoms with E-state index in [1.54, 1.807) is 30.3 Å². The second kappa shape index (κ2) is 9.07. The molecule has 1 aliphatic heterocycles. The summed E-state index contributed by atoms with van der Waals surface area (Å²) in [5.74, 6) is -1.34. The van der Waals surface area contributed by atoms with Crippen LogP contribution in [-0.2, 0) is 16.1 Å². The van der Waals surface area contributed by atoms with E-state index in [9.17, 15) is 19.1 Å². The highest BCUT2D eigenvalue weighted by molar-refractivity contribution is 7.10. The van der Waals surface area contributed by atoms with Crippen molar-refractivity contribution in [1.29, 1.82) is 0 Å². The second-order valence-corrected chi connectivity index (χ2v) is 8.54. The first-order chi connectivity index (χ1) is 15.8. The molecule has 1 saturated heterocycles. The fraction of sp³-hybridized carbons (Fsp3) is 0.200. The molecular formula is C25H22FNO5S. The van der Waals surface area contributed by atoms with Gasteiger partial charge in [0.05, 0.1) is 19.8 Å². The van der Waals surface area contributed by atoms with Gasteiger partial charge in [-0.3, -0.25) is 9.59 Å². The Balaban J connectivity index is 1.85. The Morgan fingerprint density at radius 2 is 1.76 bits per heavy atom. The predicted octanol–water partition coefficient (Wildman–Crippen LogP) is 4.83. The molecule has 1 N–H and O–H groups in total. The van der Waals surface area contributed by atoms with Gasteiger partial charge < -0.3 is 19.5 Å². The number of thiophene rings is 1. The Kier molecular flexibility index (Phi) is 6.20. The number of aliphatic hydroxyl groups is 1. The zero-order valence-electron chi connectivity index (χ0n) is 18.3. The minimum absolute atomic E-state index is 0.000110. The van der Waals surface area contributed by atoms with Gasteiger partial charge >= 0.3 is 0 Å². The van der Waals surface area contributed by atoms with Crippen molar-refractivity contribution in [2.24, 2.45) is 0 Å². The number of methoxy groups -OCH3 is 2. The SMILES string of the molecule is COc1ccc(/C(O)=C2/C(=O)C(=O)N(Cc3ccc(F)cc3)C2c2sccc2C)cc1OC. The van der Waals surface area contributed by atoms with E-state index < -0.39 is 17.7 Å². The minimum atomic E-state index is -0.776. The fourth-order valence-electron chi connectivity index (χ4n) is 3.91. The lowest BCUT2D eigenvalue weighted by Crippen LogP contribution is -2.29. The van der Waals surface area contributed by atoms with E-state index in [1.807, 2.05) is 18.4 Å². The Hall–Kier alpha value is -3.65. The first kappa shape index (κ1) is 22.5. The van der Waals surface area contributed by atoms with E-state index in [1.165, 1.54) is 42.6 Å². The maximum atomic E-state index is 13.4. The molecule has 1 aliphatic rings. The number of nitrogens with zero attached hydrogens (tertiary/aromatic N) is 1. The molecule has 2 aromatic carbocycles. The van der Waals surface area contributed by atoms with Crippen LogP contribution in [0.5, 0.6) is 11.5 Å². The average molecular weight is 468 g/mol. The lowest BCUT2D eigenvalue weighted by atomic mass is 9.98. The van der Waals surface area contributed by atoms with Crippen LogP contribution in [0.15, 0.2) is 59.5 Å². The van der Waals surface area contributed by atoms with Gasteiger partial charge in [-0.15, -0.1) is 11.3 Å². The van der Waals surface area contributed by atoms with Crippen LogP contribution in [0.3, 0.4) is 0 Å². The zero-order chi connectivity index (χ0) is 23.7. The third-order valence-electron chi connectivity index (χ3n) is 5.61. The molecule has 8 heteroatoms. The molecule has 0 radical (unpaired) electrons. The van der Waals surface area contributed by atoms with Gasteiger partial charge in [-0.2, -0.15) is 0 Å². The number of hydrogen-bond acceptors (Lipinski definition) is 6. The number of benzene rings is 2. The minimum Gasteiger partial charge on any atom is -0.507 e. The number of rotatable bonds is 6. The summed E-state index contributed by atoms with van der Waals surface area (Å²) in [6.45, 7) is 1.98. The van der Waals surface area contributed by atoms with Gasteiger partial charge in [0.2, 0.25) is 0 Å². The van der Waals surface area contributed by atoms with Gasteiger partial charge in [-0.05, 0) is 59.8 Å². The summed E-state index contributed by atoms with van der Waals surface area (Å²) in [6, 6.07) is 11.7. The maximum Gasteiger partial charge on any atom is 0.295 e. The molecule has 0 bridgehead atoms. The number of halogens is 1. The monoisotopic (exact) mass is 467 g/mol. The van der Waals surface area contributed by atoms with E-state index in [0.29, 0.717) is 22.6 Å². The normalized spacial score (nSPS) is 17.5. The molecule has 1 fully saturated rings. The van der Waals surface area contributed by atoms with Crippen molar-refractivity contribution in [3.63, 3.8) is 0 Å². The molecule has 4 rings (SSSR count). The first-order valence-electron chi connectivity index (χ1n) is 10.1. The number of ether oxygens (including phenoxy) is 2. The number of aryl methyl sites for hydroxylation is 1. The summed E-state index contributed by atoms with van der Waals surface area (Å²) in [4.78, 5) is 28.4. The largest absolute Gasteiger partial charge is 0.507 e. The van der Waals surface area contributed by atoms with Crippen LogP contribution in [0, 0.1) is 12.7 Å². The fourth-order valence-corrected chi connectivity index (χ4v) is 4.95. The van der Waals surface area contributed by atoms with Crippen LogP contribution < -0.4 is 9.47 Å². The predicted molar refractivity (Wildman–Crippen MR) is 123 cm³/mol. The van der Waals surface area contributed by atoms with Crippen molar-refractivity contribution in [2.45, 2.75) is 19.5 Å². The van der Waals surface area contributed by atoms with Crippen LogP contribution in [-0.4, -0.2) is 35.9 Å². The number of ketones is 1. The molecule has 6 nitrogen and oxygen atoms in total. The summed E-state index contributed by atoms with van der Waals surface area (Å²) in [7, 11) is 2.97. The van der Waals surface area contributed by atoms with Gasteiger partial charge in [-0.1, -0.05) is 12.1 Å². The highest BCUT2D eigenvalue weighted by Crippen LogP contribution is 2.44. The highest BCUT2D eigenvalue weighted by atomic mass is 32.1. The molecule has 1 amide bonds. The molecule has 0 aliphatic carbocycles. The van der Waals surface area contributed by atoms with Crippen molar-refractivity contribution < 1.29 is 28.6 Å². The maximum absolute atomic E-state index is 13.4. The molecular weight excluding hydrogens is 445 g/mol. The summed E-state index contributed by atoms with van der Waals surface area (Å²) >= 11 is 1.40. The van der Waals surface area contributed by atoms with Crippen molar-refractivity contribution in [2.75, 3.05) is 14.2 Å². The highest BCUT2D eigenvalue weighted by Gasteiger charge is 2.47. The van der Waals surface area contributed by atoms with Crippen molar-refractivity contribution in [3.8, 4) is 11.5 Å². The Morgan fingerprint density at radius 3 is 2.36 bits per heavy atom. The van der Waals surface area contributed by atoms with Crippen molar-refractivity contribution in [3.05, 3.63) is 86.9 Å². The third-order valence-corrected chi connectivity index (χ3v) is 6.68. The van der Waals surface area contributed by atoms with E-state index in [-0.39, 0.29) is 23.7 Å². The lowest BCUT2D eigenvalue weighted by molar-refractivity contribution is -0.140. The summed E-state index contributed by atoms with van der Waals surface area (Å²) in [6.07, 6.45) is 0. The number of Topliss-reactive ketones (excluding diaryl/α,β-unsaturated/α-hetero) is 1. The Labute approximate surface area is 194 Å². The number of hydrogen-bond donors (Lipinski definition) is 1. The molecule has 2 heterocycles. The standard InChI is InChI=1S/C25H22FNO5S/c1-14-10-11-33-24(14)21-20(22(28)16-6-9-18(31-2)19(12-16)32-3)23(29)25(30)27(21)13-15-4-7-17(26)8-5-15/h4-12,21,28H,13H2,1-3H3/b22-20-. The molecule has 1 aromatic heterocycles. The number of carbonyl (C=O) groups is 2. The van der Waals surface area contributed by atoms with E-state index in [4.69, 9.17) is 9.47 Å². The van der Waals surface area contributed by atoms with Crippen LogP contribution in [0.1, 0.15) is 27.6 Å². The van der Waals surface area contributed by atoms with Crippen molar-refractivity contribution in [1.82, 2.24) is 4.90 Å². The molecule has 1 atom stereocenters. The summed E-state index contributed by atoms with van der Waals surface area (Å²) in [5.41, 5.74) is 1.89. The summed E-state index contributed by atoms with van der Waals surface area (Å²) < 4.78 is 23.9. The number of amides is 1. The number of likely N-dealkylation sites (tertiary alicyclic amines) is 1. The van der Waals surface area contributed by atoms with Gasteiger partial charge in [0.1, 0.15) is 17.6 Å². The summed E-state index contributed by atoms with van der Waals surface area (Å²) in [5, 5.41) is 13.1. The zero-order valence-corrected chi connectivity index (χ0v) is 19.1. The molecule has 1 unspecified atom stereocenters. The van der Waals surface area contributed by atoms with Gasteiger partial charge in [0.25, 0.3) is 11.7 Å². The van der Waals surface area contributed by atoms with Crippen LogP contribution >= 0.6 is 11.3 Å². The van der Waals surface area contributed by atoms with Crippen LogP contribution in [0.25, 0.3) is 5.76 Å². The molecule has 170 valence electrons. The van der Waals surface area contributed by atoms with Crippen LogP contribution in [0.4, 0.5) is 4.39 Å². The molecule has 33 heavy (non-hydrogen) atoms. The van der Waals surface area contributed by atoms with Crippen molar-refractivity contribution >= 4 is 28.8 Å². The topological polar surface area (TPSA) is 76.1 Å². The van der Waals surface area contributed by atoms with Gasteiger partial charge in [0, 0.05) is 17.0 Å². The van der Waals surface area contributed by atoms with Gasteiger partial charge in [-0.25, -0.2) is 4.39 Å². The van der Waals surface area contributed by atoms with E-state index in [0.717, 1.165) is 10.4 Å². The first-order valence-corrected chi connectivity index (χ1v) is 11.0. The Bertz CT molecular complexity index is 1250.